The Balaban J connectivity index is 1.35. The molecule has 0 saturated carbocycles. The highest BCUT2D eigenvalue weighted by Crippen LogP contribution is 2.19. The van der Waals surface area contributed by atoms with E-state index in [-0.39, 0.29) is 36.6 Å². The van der Waals surface area contributed by atoms with E-state index in [2.05, 4.69) is 25.9 Å². The third kappa shape index (κ3) is 3.96. The van der Waals surface area contributed by atoms with Crippen LogP contribution in [0.15, 0.2) is 48.5 Å². The predicted octanol–water partition coefficient (Wildman–Crippen LogP) is 2.27. The number of benzene rings is 2. The molecule has 8 heteroatoms. The second kappa shape index (κ2) is 7.75. The van der Waals surface area contributed by atoms with E-state index in [0.717, 1.165) is 11.0 Å². The molecule has 0 fully saturated rings. The molecule has 8 nitrogen and oxygen atoms in total. The van der Waals surface area contributed by atoms with Crippen LogP contribution in [0.1, 0.15) is 42.0 Å². The Morgan fingerprint density at radius 2 is 1.90 bits per heavy atom. The van der Waals surface area contributed by atoms with Gasteiger partial charge in [-0.3, -0.25) is 14.4 Å². The number of nitrogens with zero attached hydrogens (tertiary/aromatic N) is 1. The molecule has 0 bridgehead atoms. The molecule has 3 amide bonds. The molecule has 0 aliphatic carbocycles. The van der Waals surface area contributed by atoms with Crippen molar-refractivity contribution in [3.63, 3.8) is 0 Å². The monoisotopic (exact) mass is 391 g/mol. The van der Waals surface area contributed by atoms with Crippen LogP contribution in [0.5, 0.6) is 0 Å². The van der Waals surface area contributed by atoms with E-state index in [1.165, 1.54) is 0 Å². The first-order chi connectivity index (χ1) is 14.0. The number of amides is 3. The largest absolute Gasteiger partial charge is 0.346 e. The molecule has 1 aliphatic heterocycles. The SMILES string of the molecule is C[C@@H](NC(=O)CC[C@@H]1NC(=O)c2ccccc2NC1=O)c1nc2ccccc2[nH]1. The number of carbonyl (C=O) groups is 3. The molecule has 1 aromatic heterocycles. The van der Waals surface area contributed by atoms with Crippen LogP contribution in [-0.4, -0.2) is 33.7 Å². The van der Waals surface area contributed by atoms with Crippen molar-refractivity contribution >= 4 is 34.4 Å². The Morgan fingerprint density at radius 1 is 1.14 bits per heavy atom. The third-order valence-electron chi connectivity index (χ3n) is 4.91. The third-order valence-corrected chi connectivity index (χ3v) is 4.91. The summed E-state index contributed by atoms with van der Waals surface area (Å²) in [7, 11) is 0. The molecule has 0 unspecified atom stereocenters. The molecular weight excluding hydrogens is 370 g/mol. The summed E-state index contributed by atoms with van der Waals surface area (Å²) < 4.78 is 0. The average molecular weight is 391 g/mol. The van der Waals surface area contributed by atoms with Gasteiger partial charge in [0, 0.05) is 6.42 Å². The zero-order valence-electron chi connectivity index (χ0n) is 15.9. The number of H-pyrrole nitrogens is 1. The lowest BCUT2D eigenvalue weighted by atomic mass is 10.1. The molecule has 3 aromatic rings. The van der Waals surface area contributed by atoms with Gasteiger partial charge in [0.05, 0.1) is 28.3 Å². The topological polar surface area (TPSA) is 116 Å². The molecule has 2 atom stereocenters. The van der Waals surface area contributed by atoms with Crippen LogP contribution in [-0.2, 0) is 9.59 Å². The molecule has 2 heterocycles. The average Bonchev–Trinajstić information content (AvgIpc) is 3.10. The highest BCUT2D eigenvalue weighted by molar-refractivity contribution is 6.09. The quantitative estimate of drug-likeness (QED) is 0.534. The van der Waals surface area contributed by atoms with E-state index in [1.807, 2.05) is 31.2 Å². The minimum absolute atomic E-state index is 0.0965. The van der Waals surface area contributed by atoms with Crippen LogP contribution < -0.4 is 16.0 Å². The number of carbonyl (C=O) groups excluding carboxylic acids is 3. The summed E-state index contributed by atoms with van der Waals surface area (Å²) in [5.74, 6) is -0.223. The van der Waals surface area contributed by atoms with Crippen LogP contribution in [0, 0.1) is 0 Å². The number of aromatic amines is 1. The summed E-state index contributed by atoms with van der Waals surface area (Å²) in [6.45, 7) is 1.84. The molecule has 1 aliphatic rings. The van der Waals surface area contributed by atoms with Crippen molar-refractivity contribution in [3.05, 3.63) is 59.9 Å². The number of anilines is 1. The number of hydrogen-bond donors (Lipinski definition) is 4. The summed E-state index contributed by atoms with van der Waals surface area (Å²) in [5.41, 5.74) is 2.62. The maximum Gasteiger partial charge on any atom is 0.254 e. The highest BCUT2D eigenvalue weighted by Gasteiger charge is 2.28. The fraction of sp³-hybridized carbons (Fsp3) is 0.238. The number of para-hydroxylation sites is 3. The molecule has 0 spiro atoms. The van der Waals surface area contributed by atoms with Crippen molar-refractivity contribution in [2.45, 2.75) is 31.8 Å². The fourth-order valence-electron chi connectivity index (χ4n) is 3.35. The van der Waals surface area contributed by atoms with E-state index < -0.39 is 6.04 Å². The number of imidazole rings is 1. The minimum atomic E-state index is -0.776. The van der Waals surface area contributed by atoms with Gasteiger partial charge in [-0.05, 0) is 37.6 Å². The maximum atomic E-state index is 12.4. The molecule has 2 aromatic carbocycles. The standard InChI is InChI=1S/C21H21N5O3/c1-12(19-23-15-8-4-5-9-16(15)24-19)22-18(27)11-10-17-21(29)25-14-7-3-2-6-13(14)20(28)26-17/h2-9,12,17H,10-11H2,1H3,(H,22,27)(H,23,24)(H,25,29)(H,26,28)/t12-,17+/m1/s1. The van der Waals surface area contributed by atoms with E-state index in [0.29, 0.717) is 17.1 Å². The Kier molecular flexibility index (Phi) is 4.99. The van der Waals surface area contributed by atoms with Gasteiger partial charge in [0.15, 0.2) is 0 Å². The zero-order chi connectivity index (χ0) is 20.4. The molecule has 0 saturated heterocycles. The number of fused-ring (bicyclic) bond motifs is 2. The van der Waals surface area contributed by atoms with Crippen molar-refractivity contribution in [2.75, 3.05) is 5.32 Å². The van der Waals surface area contributed by atoms with Crippen LogP contribution in [0.2, 0.25) is 0 Å². The molecule has 4 N–H and O–H groups in total. The number of hydrogen-bond acceptors (Lipinski definition) is 4. The summed E-state index contributed by atoms with van der Waals surface area (Å²) >= 11 is 0. The summed E-state index contributed by atoms with van der Waals surface area (Å²) in [6, 6.07) is 13.4. The van der Waals surface area contributed by atoms with E-state index in [1.54, 1.807) is 24.3 Å². The van der Waals surface area contributed by atoms with Gasteiger partial charge in [-0.1, -0.05) is 24.3 Å². The first kappa shape index (κ1) is 18.7. The molecular formula is C21H21N5O3. The van der Waals surface area contributed by atoms with Crippen LogP contribution in [0.25, 0.3) is 11.0 Å². The maximum absolute atomic E-state index is 12.4. The number of nitrogens with one attached hydrogen (secondary N) is 4. The number of aromatic nitrogens is 2. The Hall–Kier alpha value is -3.68. The molecule has 29 heavy (non-hydrogen) atoms. The summed E-state index contributed by atoms with van der Waals surface area (Å²) in [4.78, 5) is 44.8. The van der Waals surface area contributed by atoms with E-state index in [4.69, 9.17) is 0 Å². The number of rotatable bonds is 5. The van der Waals surface area contributed by atoms with Crippen LogP contribution in [0.3, 0.4) is 0 Å². The van der Waals surface area contributed by atoms with Gasteiger partial charge in [-0.15, -0.1) is 0 Å². The van der Waals surface area contributed by atoms with Crippen LogP contribution >= 0.6 is 0 Å². The zero-order valence-corrected chi connectivity index (χ0v) is 15.9. The Bertz CT molecular complexity index is 1060. The van der Waals surface area contributed by atoms with Crippen molar-refractivity contribution in [1.82, 2.24) is 20.6 Å². The van der Waals surface area contributed by atoms with Gasteiger partial charge in [-0.25, -0.2) is 4.98 Å². The lowest BCUT2D eigenvalue weighted by Crippen LogP contribution is -2.42. The first-order valence-corrected chi connectivity index (χ1v) is 9.46. The van der Waals surface area contributed by atoms with Gasteiger partial charge in [0.1, 0.15) is 11.9 Å². The summed E-state index contributed by atoms with van der Waals surface area (Å²) in [5, 5.41) is 8.31. The Morgan fingerprint density at radius 3 is 2.72 bits per heavy atom. The van der Waals surface area contributed by atoms with Crippen molar-refractivity contribution in [1.29, 1.82) is 0 Å². The normalized spacial score (nSPS) is 17.1. The lowest BCUT2D eigenvalue weighted by molar-refractivity contribution is -0.122. The molecule has 0 radical (unpaired) electrons. The van der Waals surface area contributed by atoms with Gasteiger partial charge in [0.25, 0.3) is 5.91 Å². The molecule has 4 rings (SSSR count). The van der Waals surface area contributed by atoms with Crippen molar-refractivity contribution < 1.29 is 14.4 Å². The molecule has 148 valence electrons. The highest BCUT2D eigenvalue weighted by atomic mass is 16.2. The van der Waals surface area contributed by atoms with Crippen molar-refractivity contribution in [3.8, 4) is 0 Å². The minimum Gasteiger partial charge on any atom is -0.346 e. The lowest BCUT2D eigenvalue weighted by Gasteiger charge is -2.16. The van der Waals surface area contributed by atoms with E-state index in [9.17, 15) is 14.4 Å². The van der Waals surface area contributed by atoms with Gasteiger partial charge >= 0.3 is 0 Å². The summed E-state index contributed by atoms with van der Waals surface area (Å²) in [6.07, 6.45) is 0.295. The van der Waals surface area contributed by atoms with E-state index >= 15 is 0 Å². The van der Waals surface area contributed by atoms with Crippen molar-refractivity contribution in [2.24, 2.45) is 0 Å². The van der Waals surface area contributed by atoms with Gasteiger partial charge < -0.3 is 20.9 Å². The fourth-order valence-corrected chi connectivity index (χ4v) is 3.35. The predicted molar refractivity (Wildman–Crippen MR) is 108 cm³/mol. The smallest absolute Gasteiger partial charge is 0.254 e. The van der Waals surface area contributed by atoms with Crippen LogP contribution in [0.4, 0.5) is 5.69 Å². The van der Waals surface area contributed by atoms with Gasteiger partial charge in [-0.2, -0.15) is 0 Å². The second-order valence-electron chi connectivity index (χ2n) is 7.03. The van der Waals surface area contributed by atoms with Gasteiger partial charge in [0.2, 0.25) is 11.8 Å². The second-order valence-corrected chi connectivity index (χ2v) is 7.03. The Labute approximate surface area is 167 Å². The first-order valence-electron chi connectivity index (χ1n) is 9.46.